The van der Waals surface area contributed by atoms with Crippen LogP contribution in [0.3, 0.4) is 0 Å². The van der Waals surface area contributed by atoms with Gasteiger partial charge in [-0.3, -0.25) is 14.0 Å². The van der Waals surface area contributed by atoms with Gasteiger partial charge in [0.1, 0.15) is 10.9 Å². The number of aromatic nitrogens is 1. The molecule has 1 amide bonds. The molecule has 0 aliphatic carbocycles. The molecule has 2 atom stereocenters. The number of alkyl halides is 1. The minimum absolute atomic E-state index is 0.0290. The van der Waals surface area contributed by atoms with Gasteiger partial charge in [0, 0.05) is 32.5 Å². The first-order valence-electron chi connectivity index (χ1n) is 15.4. The van der Waals surface area contributed by atoms with Crippen LogP contribution in [0.5, 0.6) is 0 Å². The number of benzene rings is 2. The highest BCUT2D eigenvalue weighted by Crippen LogP contribution is 2.36. The van der Waals surface area contributed by atoms with Crippen molar-refractivity contribution in [2.45, 2.75) is 69.7 Å². The summed E-state index contributed by atoms with van der Waals surface area (Å²) in [6.45, 7) is 5.37. The van der Waals surface area contributed by atoms with Crippen LogP contribution in [0.4, 0.5) is 10.1 Å². The Kier molecular flexibility index (Phi) is 10.2. The molecule has 1 fully saturated rings. The van der Waals surface area contributed by atoms with E-state index in [1.807, 2.05) is 30.3 Å². The Morgan fingerprint density at radius 1 is 1.20 bits per heavy atom. The second kappa shape index (κ2) is 13.9. The number of anilines is 1. The number of nitrogens with zero attached hydrogens (tertiary/aromatic N) is 2. The van der Waals surface area contributed by atoms with Gasteiger partial charge in [0.25, 0.3) is 0 Å². The number of hydrogen-bond acceptors (Lipinski definition) is 7. The lowest BCUT2D eigenvalue weighted by Crippen LogP contribution is -2.51. The summed E-state index contributed by atoms with van der Waals surface area (Å²) in [4.78, 5) is 31.7. The van der Waals surface area contributed by atoms with Gasteiger partial charge in [0.05, 0.1) is 27.6 Å². The highest BCUT2D eigenvalue weighted by atomic mass is 32.2. The predicted octanol–water partition coefficient (Wildman–Crippen LogP) is 5.04. The quantitative estimate of drug-likeness (QED) is 0.252. The first-order valence-corrected chi connectivity index (χ1v) is 17.7. The summed E-state index contributed by atoms with van der Waals surface area (Å²) in [5.41, 5.74) is 2.76. The number of thiazole rings is 1. The van der Waals surface area contributed by atoms with E-state index in [0.717, 1.165) is 15.8 Å². The number of carbonyl (C=O) groups excluding carboxylic acids is 1. The molecule has 3 N–H and O–H groups in total. The maximum Gasteiger partial charge on any atom is 0.303 e. The van der Waals surface area contributed by atoms with Crippen molar-refractivity contribution in [3.63, 3.8) is 0 Å². The molecule has 9 nitrogen and oxygen atoms in total. The fourth-order valence-corrected chi connectivity index (χ4v) is 8.67. The number of halogens is 1. The van der Waals surface area contributed by atoms with Crippen LogP contribution < -0.4 is 10.0 Å². The maximum absolute atomic E-state index is 14.2. The van der Waals surface area contributed by atoms with Crippen LogP contribution >= 0.6 is 11.3 Å². The van der Waals surface area contributed by atoms with Gasteiger partial charge in [0.2, 0.25) is 15.9 Å². The lowest BCUT2D eigenvalue weighted by atomic mass is 9.85. The van der Waals surface area contributed by atoms with E-state index in [-0.39, 0.29) is 42.7 Å². The molecule has 0 saturated carbocycles. The summed E-state index contributed by atoms with van der Waals surface area (Å²) >= 11 is 1.43. The fraction of sp³-hybridized carbons (Fsp3) is 0.531. The van der Waals surface area contributed by atoms with E-state index in [1.54, 1.807) is 4.90 Å². The number of aryl methyl sites for hydroxylation is 1. The number of carboxylic acids is 1. The van der Waals surface area contributed by atoms with E-state index >= 15 is 0 Å². The van der Waals surface area contributed by atoms with Gasteiger partial charge in [-0.15, -0.1) is 11.3 Å². The molecule has 0 spiro atoms. The van der Waals surface area contributed by atoms with Crippen molar-refractivity contribution in [2.24, 2.45) is 17.8 Å². The summed E-state index contributed by atoms with van der Waals surface area (Å²) in [5.74, 6) is -0.393. The van der Waals surface area contributed by atoms with Crippen molar-refractivity contribution in [1.82, 2.24) is 14.6 Å². The first kappa shape index (κ1) is 32.3. The summed E-state index contributed by atoms with van der Waals surface area (Å²) in [6, 6.07) is 9.97. The van der Waals surface area contributed by atoms with Crippen LogP contribution in [-0.2, 0) is 38.9 Å². The van der Waals surface area contributed by atoms with Crippen LogP contribution in [0, 0.1) is 17.8 Å². The molecule has 2 aliphatic heterocycles. The third-order valence-electron chi connectivity index (χ3n) is 8.88. The zero-order chi connectivity index (χ0) is 31.4. The van der Waals surface area contributed by atoms with Gasteiger partial charge in [0.15, 0.2) is 0 Å². The van der Waals surface area contributed by atoms with Crippen molar-refractivity contribution in [1.29, 1.82) is 0 Å². The molecule has 1 unspecified atom stereocenters. The van der Waals surface area contributed by atoms with Crippen molar-refractivity contribution < 1.29 is 27.5 Å². The number of sulfonamides is 1. The third kappa shape index (κ3) is 7.58. The van der Waals surface area contributed by atoms with Gasteiger partial charge in [-0.05, 0) is 79.2 Å². The standard InChI is InChI=1S/C32H41FN4O5S2/c1-20(2)24-17-23-15-22(7-8-30(38)39)16-28(31(23)34-19-24)44(41,42)36-26(18-29-35-25-5-3-4-6-27(25)43-29)32(40)37-13-10-21(9-12-33)11-14-37/h3-6,15-16,20-21,24,26,34,36H,7-14,17-19H2,1-2H3,(H,38,39)/t24?,26-/m0/s1. The highest BCUT2D eigenvalue weighted by molar-refractivity contribution is 7.89. The van der Waals surface area contributed by atoms with Crippen molar-refractivity contribution in [3.05, 3.63) is 52.5 Å². The van der Waals surface area contributed by atoms with Crippen molar-refractivity contribution >= 4 is 49.1 Å². The average Bonchev–Trinajstić information content (AvgIpc) is 3.41. The predicted molar refractivity (Wildman–Crippen MR) is 170 cm³/mol. The normalized spacial score (nSPS) is 18.3. The first-order chi connectivity index (χ1) is 21.0. The van der Waals surface area contributed by atoms with Crippen molar-refractivity contribution in [2.75, 3.05) is 31.6 Å². The molecular weight excluding hydrogens is 604 g/mol. The van der Waals surface area contributed by atoms with Crippen LogP contribution in [0.2, 0.25) is 0 Å². The number of carboxylic acid groups (broad SMARTS) is 1. The zero-order valence-corrected chi connectivity index (χ0v) is 26.9. The molecule has 1 aromatic heterocycles. The van der Waals surface area contributed by atoms with Crippen LogP contribution in [0.1, 0.15) is 55.7 Å². The molecule has 5 rings (SSSR count). The summed E-state index contributed by atoms with van der Waals surface area (Å²) < 4.78 is 45.1. The molecule has 2 aliphatic rings. The monoisotopic (exact) mass is 644 g/mol. The minimum atomic E-state index is -4.23. The Balaban J connectivity index is 1.47. The Morgan fingerprint density at radius 3 is 2.64 bits per heavy atom. The molecule has 1 saturated heterocycles. The molecule has 3 aromatic rings. The van der Waals surface area contributed by atoms with Crippen molar-refractivity contribution in [3.8, 4) is 0 Å². The molecule has 0 bridgehead atoms. The molecule has 44 heavy (non-hydrogen) atoms. The number of fused-ring (bicyclic) bond motifs is 2. The summed E-state index contributed by atoms with van der Waals surface area (Å²) in [7, 11) is -4.23. The Labute approximate surface area is 262 Å². The molecule has 0 radical (unpaired) electrons. The Bertz CT molecular complexity index is 1570. The number of carbonyl (C=O) groups is 2. The number of likely N-dealkylation sites (tertiary alicyclic amines) is 1. The topological polar surface area (TPSA) is 129 Å². The second-order valence-corrected chi connectivity index (χ2v) is 15.1. The number of piperidine rings is 1. The van der Waals surface area contributed by atoms with E-state index in [4.69, 9.17) is 0 Å². The van der Waals surface area contributed by atoms with E-state index < -0.39 is 22.0 Å². The van der Waals surface area contributed by atoms with Crippen LogP contribution in [-0.4, -0.2) is 67.6 Å². The maximum atomic E-state index is 14.2. The summed E-state index contributed by atoms with van der Waals surface area (Å²) in [5, 5.41) is 13.3. The van der Waals surface area contributed by atoms with Crippen LogP contribution in [0.25, 0.3) is 10.2 Å². The SMILES string of the molecule is CC(C)C1CNc2c(cc(CCC(=O)O)cc2S(=O)(=O)N[C@@H](Cc2nc3ccccc3s2)C(=O)N2CCC(CCF)CC2)C1. The van der Waals surface area contributed by atoms with Gasteiger partial charge >= 0.3 is 5.97 Å². The smallest absolute Gasteiger partial charge is 0.303 e. The average molecular weight is 645 g/mol. The molecule has 3 heterocycles. The zero-order valence-electron chi connectivity index (χ0n) is 25.2. The van der Waals surface area contributed by atoms with Crippen LogP contribution in [0.15, 0.2) is 41.3 Å². The van der Waals surface area contributed by atoms with Gasteiger partial charge in [-0.25, -0.2) is 13.4 Å². The molecule has 2 aromatic carbocycles. The van der Waals surface area contributed by atoms with Gasteiger partial charge in [-0.1, -0.05) is 32.0 Å². The lowest BCUT2D eigenvalue weighted by Gasteiger charge is -2.34. The highest BCUT2D eigenvalue weighted by Gasteiger charge is 2.35. The van der Waals surface area contributed by atoms with E-state index in [0.29, 0.717) is 73.4 Å². The van der Waals surface area contributed by atoms with Gasteiger partial charge in [-0.2, -0.15) is 4.72 Å². The van der Waals surface area contributed by atoms with E-state index in [2.05, 4.69) is 28.9 Å². The number of rotatable bonds is 12. The minimum Gasteiger partial charge on any atom is -0.481 e. The number of aliphatic carboxylic acids is 1. The number of para-hydroxylation sites is 1. The number of amides is 1. The third-order valence-corrected chi connectivity index (χ3v) is 11.4. The lowest BCUT2D eigenvalue weighted by molar-refractivity contribution is -0.137. The Hall–Kier alpha value is -3.09. The molecular formula is C32H41FN4O5S2. The number of nitrogens with one attached hydrogen (secondary N) is 2. The van der Waals surface area contributed by atoms with E-state index in [1.165, 1.54) is 17.4 Å². The molecule has 12 heteroatoms. The largest absolute Gasteiger partial charge is 0.481 e. The summed E-state index contributed by atoms with van der Waals surface area (Å²) in [6.07, 6.45) is 2.66. The number of hydrogen-bond donors (Lipinski definition) is 3. The van der Waals surface area contributed by atoms with E-state index in [9.17, 15) is 27.5 Å². The van der Waals surface area contributed by atoms with Gasteiger partial charge < -0.3 is 15.3 Å². The Morgan fingerprint density at radius 2 is 1.95 bits per heavy atom. The fourth-order valence-electron chi connectivity index (χ4n) is 6.19. The molecule has 238 valence electrons. The second-order valence-electron chi connectivity index (χ2n) is 12.3.